The summed E-state index contributed by atoms with van der Waals surface area (Å²) in [6.45, 7) is 2.35. The van der Waals surface area contributed by atoms with E-state index in [1.54, 1.807) is 4.90 Å². The van der Waals surface area contributed by atoms with E-state index in [2.05, 4.69) is 15.2 Å². The summed E-state index contributed by atoms with van der Waals surface area (Å²) in [5, 5.41) is 3.78. The van der Waals surface area contributed by atoms with E-state index in [4.69, 9.17) is 9.47 Å². The summed E-state index contributed by atoms with van der Waals surface area (Å²) in [6.07, 6.45) is -3.84. The number of nitrogens with one attached hydrogen (secondary N) is 1. The van der Waals surface area contributed by atoms with E-state index in [9.17, 15) is 22.8 Å². The molecule has 0 radical (unpaired) electrons. The van der Waals surface area contributed by atoms with Crippen molar-refractivity contribution in [3.63, 3.8) is 0 Å². The van der Waals surface area contributed by atoms with Gasteiger partial charge in [0.2, 0.25) is 5.88 Å². The standard InChI is InChI=1S/C21H25F3N4O4S/c1-25-19(29)14-11-33-18-15(21(22,23)24)9-16(26-17(14)18)31-12-4-7-28(8-5-12)20(30)32-13-3-6-27(2)10-13/h9,11-13H,3-8,10H2,1-2H3,(H,25,29)/t13-/m0/s1. The van der Waals surface area contributed by atoms with Crippen LogP contribution < -0.4 is 10.1 Å². The van der Waals surface area contributed by atoms with E-state index in [-0.39, 0.29) is 33.9 Å². The topological polar surface area (TPSA) is 84.0 Å². The number of pyridine rings is 1. The number of hydrogen-bond acceptors (Lipinski definition) is 7. The fraction of sp³-hybridized carbons (Fsp3) is 0.571. The summed E-state index contributed by atoms with van der Waals surface area (Å²) < 4.78 is 52.2. The van der Waals surface area contributed by atoms with Crippen LogP contribution in [0.1, 0.15) is 35.2 Å². The molecule has 2 amide bonds. The molecule has 4 heterocycles. The Bertz CT molecular complexity index is 1040. The third kappa shape index (κ3) is 5.16. The summed E-state index contributed by atoms with van der Waals surface area (Å²) >= 11 is 0.822. The largest absolute Gasteiger partial charge is 0.474 e. The summed E-state index contributed by atoms with van der Waals surface area (Å²) in [4.78, 5) is 32.4. The molecule has 4 rings (SSSR count). The molecular weight excluding hydrogens is 461 g/mol. The maximum Gasteiger partial charge on any atom is 0.418 e. The Morgan fingerprint density at radius 2 is 1.88 bits per heavy atom. The summed E-state index contributed by atoms with van der Waals surface area (Å²) in [6, 6.07) is 0.879. The van der Waals surface area contributed by atoms with E-state index in [0.717, 1.165) is 30.4 Å². The van der Waals surface area contributed by atoms with Gasteiger partial charge in [-0.25, -0.2) is 9.78 Å². The van der Waals surface area contributed by atoms with Crippen molar-refractivity contribution in [3.8, 4) is 5.88 Å². The number of rotatable bonds is 4. The van der Waals surface area contributed by atoms with E-state index < -0.39 is 23.8 Å². The quantitative estimate of drug-likeness (QED) is 0.714. The molecule has 12 heteroatoms. The first-order valence-corrected chi connectivity index (χ1v) is 11.6. The number of piperidine rings is 1. The lowest BCUT2D eigenvalue weighted by Crippen LogP contribution is -2.43. The Morgan fingerprint density at radius 1 is 1.18 bits per heavy atom. The highest BCUT2D eigenvalue weighted by atomic mass is 32.1. The molecule has 1 N–H and O–H groups in total. The molecular formula is C21H25F3N4O4S. The zero-order chi connectivity index (χ0) is 23.8. The van der Waals surface area contributed by atoms with Crippen molar-refractivity contribution in [2.45, 2.75) is 37.6 Å². The normalized spacial score (nSPS) is 20.3. The number of thiophene rings is 1. The van der Waals surface area contributed by atoms with Crippen molar-refractivity contribution in [2.75, 3.05) is 40.3 Å². The number of fused-ring (bicyclic) bond motifs is 1. The van der Waals surface area contributed by atoms with Crippen LogP contribution in [-0.4, -0.2) is 79.3 Å². The second kappa shape index (κ2) is 9.34. The molecule has 0 saturated carbocycles. The van der Waals surface area contributed by atoms with Gasteiger partial charge < -0.3 is 24.6 Å². The third-order valence-corrected chi connectivity index (χ3v) is 6.88. The van der Waals surface area contributed by atoms with Crippen LogP contribution >= 0.6 is 11.3 Å². The van der Waals surface area contributed by atoms with Gasteiger partial charge in [0.25, 0.3) is 5.91 Å². The fourth-order valence-corrected chi connectivity index (χ4v) is 5.11. The van der Waals surface area contributed by atoms with Gasteiger partial charge in [0, 0.05) is 57.5 Å². The number of halogens is 3. The van der Waals surface area contributed by atoms with Crippen LogP contribution in [0, 0.1) is 0 Å². The fourth-order valence-electron chi connectivity index (χ4n) is 4.09. The molecule has 8 nitrogen and oxygen atoms in total. The minimum Gasteiger partial charge on any atom is -0.474 e. The maximum atomic E-state index is 13.7. The van der Waals surface area contributed by atoms with Crippen LogP contribution in [0.15, 0.2) is 11.4 Å². The molecule has 0 aliphatic carbocycles. The molecule has 0 unspecified atom stereocenters. The first-order valence-electron chi connectivity index (χ1n) is 10.7. The highest BCUT2D eigenvalue weighted by Gasteiger charge is 2.36. The van der Waals surface area contributed by atoms with Crippen molar-refractivity contribution in [3.05, 3.63) is 22.6 Å². The number of amides is 2. The van der Waals surface area contributed by atoms with Gasteiger partial charge in [-0.2, -0.15) is 13.2 Å². The van der Waals surface area contributed by atoms with Crippen molar-refractivity contribution < 1.29 is 32.2 Å². The molecule has 2 aliphatic rings. The molecule has 2 saturated heterocycles. The van der Waals surface area contributed by atoms with Gasteiger partial charge in [0.1, 0.15) is 12.2 Å². The molecule has 2 aliphatic heterocycles. The van der Waals surface area contributed by atoms with Gasteiger partial charge in [-0.1, -0.05) is 0 Å². The van der Waals surface area contributed by atoms with Gasteiger partial charge in [-0.05, 0) is 13.5 Å². The Kier molecular flexibility index (Phi) is 6.66. The number of alkyl halides is 3. The average molecular weight is 487 g/mol. The lowest BCUT2D eigenvalue weighted by Gasteiger charge is -2.32. The van der Waals surface area contributed by atoms with Crippen LogP contribution in [-0.2, 0) is 10.9 Å². The Balaban J connectivity index is 1.45. The average Bonchev–Trinajstić information content (AvgIpc) is 3.38. The van der Waals surface area contributed by atoms with Crippen LogP contribution in [0.25, 0.3) is 10.2 Å². The predicted molar refractivity (Wildman–Crippen MR) is 116 cm³/mol. The molecule has 180 valence electrons. The number of carbonyl (C=O) groups is 2. The second-order valence-electron chi connectivity index (χ2n) is 8.27. The minimum absolute atomic E-state index is 0.0354. The van der Waals surface area contributed by atoms with E-state index >= 15 is 0 Å². The Labute approximate surface area is 192 Å². The first-order chi connectivity index (χ1) is 15.7. The lowest BCUT2D eigenvalue weighted by molar-refractivity contribution is -0.136. The molecule has 2 aromatic heterocycles. The highest BCUT2D eigenvalue weighted by Crippen LogP contribution is 2.40. The van der Waals surface area contributed by atoms with Gasteiger partial charge in [0.15, 0.2) is 0 Å². The molecule has 0 bridgehead atoms. The summed E-state index contributed by atoms with van der Waals surface area (Å²) in [5.74, 6) is -0.701. The molecule has 0 aromatic carbocycles. The van der Waals surface area contributed by atoms with E-state index in [1.165, 1.54) is 12.4 Å². The predicted octanol–water partition coefficient (Wildman–Crippen LogP) is 3.36. The Hall–Kier alpha value is -2.60. The first kappa shape index (κ1) is 23.6. The number of ether oxygens (including phenoxy) is 2. The van der Waals surface area contributed by atoms with Crippen molar-refractivity contribution in [2.24, 2.45) is 0 Å². The molecule has 1 atom stereocenters. The van der Waals surface area contributed by atoms with Gasteiger partial charge >= 0.3 is 12.3 Å². The second-order valence-corrected chi connectivity index (χ2v) is 9.15. The number of carbonyl (C=O) groups excluding carboxylic acids is 2. The lowest BCUT2D eigenvalue weighted by atomic mass is 10.1. The van der Waals surface area contributed by atoms with Crippen LogP contribution in [0.3, 0.4) is 0 Å². The van der Waals surface area contributed by atoms with Gasteiger partial charge in [-0.3, -0.25) is 4.79 Å². The Morgan fingerprint density at radius 3 is 2.48 bits per heavy atom. The molecule has 0 spiro atoms. The van der Waals surface area contributed by atoms with Crippen molar-refractivity contribution in [1.82, 2.24) is 20.1 Å². The zero-order valence-corrected chi connectivity index (χ0v) is 19.1. The number of nitrogens with zero attached hydrogens (tertiary/aromatic N) is 3. The summed E-state index contributed by atoms with van der Waals surface area (Å²) in [5.41, 5.74) is -0.847. The van der Waals surface area contributed by atoms with Gasteiger partial charge in [0.05, 0.1) is 21.3 Å². The van der Waals surface area contributed by atoms with Crippen LogP contribution in [0.5, 0.6) is 5.88 Å². The molecule has 2 aromatic rings. The van der Waals surface area contributed by atoms with Crippen molar-refractivity contribution >= 4 is 33.6 Å². The number of hydrogen-bond donors (Lipinski definition) is 1. The van der Waals surface area contributed by atoms with E-state index in [0.29, 0.717) is 32.5 Å². The van der Waals surface area contributed by atoms with Crippen LogP contribution in [0.2, 0.25) is 0 Å². The molecule has 2 fully saturated rings. The number of likely N-dealkylation sites (N-methyl/N-ethyl adjacent to an activating group) is 1. The number of likely N-dealkylation sites (tertiary alicyclic amines) is 2. The summed E-state index contributed by atoms with van der Waals surface area (Å²) in [7, 11) is 3.38. The SMILES string of the molecule is CNC(=O)c1csc2c(C(F)(F)F)cc(OC3CCN(C(=O)O[C@H]4CCN(C)C4)CC3)nc12. The minimum atomic E-state index is -4.62. The maximum absolute atomic E-state index is 13.7. The monoisotopic (exact) mass is 486 g/mol. The smallest absolute Gasteiger partial charge is 0.418 e. The molecule has 33 heavy (non-hydrogen) atoms. The van der Waals surface area contributed by atoms with Crippen molar-refractivity contribution in [1.29, 1.82) is 0 Å². The number of aromatic nitrogens is 1. The van der Waals surface area contributed by atoms with Gasteiger partial charge in [-0.15, -0.1) is 11.3 Å². The highest BCUT2D eigenvalue weighted by molar-refractivity contribution is 7.17. The van der Waals surface area contributed by atoms with Crippen LogP contribution in [0.4, 0.5) is 18.0 Å². The zero-order valence-electron chi connectivity index (χ0n) is 18.3. The third-order valence-electron chi connectivity index (χ3n) is 5.88. The van der Waals surface area contributed by atoms with E-state index in [1.807, 2.05) is 7.05 Å².